The molecule has 1 aromatic heterocycles. The predicted molar refractivity (Wildman–Crippen MR) is 121 cm³/mol. The van der Waals surface area contributed by atoms with Gasteiger partial charge < -0.3 is 20.3 Å². The summed E-state index contributed by atoms with van der Waals surface area (Å²) in [4.78, 5) is 15.0. The van der Waals surface area contributed by atoms with Gasteiger partial charge in [0.25, 0.3) is 11.7 Å². The maximum Gasteiger partial charge on any atom is 0.288 e. The third-order valence-corrected chi connectivity index (χ3v) is 5.57. The molecule has 0 unspecified atom stereocenters. The summed E-state index contributed by atoms with van der Waals surface area (Å²) in [7, 11) is 0. The third kappa shape index (κ3) is 5.71. The number of alkyl halides is 2. The first-order chi connectivity index (χ1) is 15.6. The van der Waals surface area contributed by atoms with Crippen molar-refractivity contribution in [1.29, 1.82) is 0 Å². The largest absolute Gasteiger partial charge is 0.378 e. The molecule has 1 amide bonds. The molecule has 0 atom stereocenters. The number of nitrogens with zero attached hydrogens (tertiary/aromatic N) is 3. The number of carbonyl (C=O) groups is 1. The minimum atomic E-state index is -2.60. The molecule has 2 heterocycles. The van der Waals surface area contributed by atoms with Gasteiger partial charge in [-0.25, -0.2) is 0 Å². The Labute approximate surface area is 188 Å². The molecule has 0 radical (unpaired) electrons. The number of hydrogen-bond acceptors (Lipinski definition) is 7. The number of ether oxygens (including phenoxy) is 1. The van der Waals surface area contributed by atoms with E-state index in [2.05, 4.69) is 25.7 Å². The van der Waals surface area contributed by atoms with E-state index < -0.39 is 11.7 Å². The fourth-order valence-corrected chi connectivity index (χ4v) is 3.88. The summed E-state index contributed by atoms with van der Waals surface area (Å²) < 4.78 is 30.9. The van der Waals surface area contributed by atoms with Crippen LogP contribution in [0.2, 0.25) is 0 Å². The molecule has 1 fully saturated rings. The second kappa shape index (κ2) is 10.4. The zero-order valence-corrected chi connectivity index (χ0v) is 17.8. The van der Waals surface area contributed by atoms with Gasteiger partial charge in [0.05, 0.1) is 30.7 Å². The molecular weight excluding hydrogens is 436 g/mol. The van der Waals surface area contributed by atoms with Crippen molar-refractivity contribution in [2.45, 2.75) is 10.7 Å². The van der Waals surface area contributed by atoms with Gasteiger partial charge in [0, 0.05) is 35.4 Å². The highest BCUT2D eigenvalue weighted by atomic mass is 32.2. The molecule has 10 heteroatoms. The van der Waals surface area contributed by atoms with Crippen LogP contribution in [0, 0.1) is 0 Å². The zero-order chi connectivity index (χ0) is 22.3. The number of carbonyl (C=O) groups excluding carboxylic acids is 1. The normalized spacial score (nSPS) is 13.8. The Morgan fingerprint density at radius 1 is 1.06 bits per heavy atom. The highest BCUT2D eigenvalue weighted by Gasteiger charge is 2.16. The van der Waals surface area contributed by atoms with Gasteiger partial charge in [0.1, 0.15) is 0 Å². The second-order valence-corrected chi connectivity index (χ2v) is 7.96. The van der Waals surface area contributed by atoms with Crippen LogP contribution in [0.1, 0.15) is 10.4 Å². The van der Waals surface area contributed by atoms with Crippen LogP contribution in [0.4, 0.5) is 31.7 Å². The summed E-state index contributed by atoms with van der Waals surface area (Å²) >= 11 is 0.352. The highest BCUT2D eigenvalue weighted by molar-refractivity contribution is 7.99. The van der Waals surface area contributed by atoms with E-state index in [0.717, 1.165) is 24.5 Å². The minimum Gasteiger partial charge on any atom is -0.378 e. The molecule has 32 heavy (non-hydrogen) atoms. The van der Waals surface area contributed by atoms with Crippen LogP contribution in [-0.4, -0.2) is 48.2 Å². The van der Waals surface area contributed by atoms with Crippen molar-refractivity contribution in [1.82, 2.24) is 10.2 Å². The predicted octanol–water partition coefficient (Wildman–Crippen LogP) is 4.62. The maximum absolute atomic E-state index is 12.8. The maximum atomic E-state index is 12.8. The van der Waals surface area contributed by atoms with E-state index in [1.807, 2.05) is 6.07 Å². The first-order valence-corrected chi connectivity index (χ1v) is 10.8. The van der Waals surface area contributed by atoms with Crippen LogP contribution in [-0.2, 0) is 4.74 Å². The first-order valence-electron chi connectivity index (χ1n) is 9.96. The minimum absolute atomic E-state index is 0.204. The molecule has 3 aromatic rings. The van der Waals surface area contributed by atoms with Crippen molar-refractivity contribution in [2.75, 3.05) is 41.8 Å². The number of aromatic nitrogens is 2. The van der Waals surface area contributed by atoms with Gasteiger partial charge in [-0.2, -0.15) is 13.9 Å². The van der Waals surface area contributed by atoms with E-state index in [-0.39, 0.29) is 10.5 Å². The summed E-state index contributed by atoms with van der Waals surface area (Å²) in [5.41, 5.74) is 2.49. The molecule has 2 N–H and O–H groups in total. The number of hydrogen-bond donors (Lipinski definition) is 2. The van der Waals surface area contributed by atoms with Gasteiger partial charge in [-0.3, -0.25) is 4.79 Å². The van der Waals surface area contributed by atoms with Gasteiger partial charge in [-0.05, 0) is 36.4 Å². The van der Waals surface area contributed by atoms with Crippen LogP contribution >= 0.6 is 11.8 Å². The molecule has 4 rings (SSSR count). The second-order valence-electron chi connectivity index (χ2n) is 6.93. The van der Waals surface area contributed by atoms with Crippen LogP contribution in [0.15, 0.2) is 65.7 Å². The lowest BCUT2D eigenvalue weighted by molar-refractivity contribution is 0.102. The number of anilines is 4. The van der Waals surface area contributed by atoms with Gasteiger partial charge >= 0.3 is 0 Å². The van der Waals surface area contributed by atoms with E-state index in [1.54, 1.807) is 42.6 Å². The van der Waals surface area contributed by atoms with Crippen molar-refractivity contribution >= 4 is 40.5 Å². The fourth-order valence-electron chi connectivity index (χ4n) is 3.25. The Morgan fingerprint density at radius 2 is 1.78 bits per heavy atom. The standard InChI is InChI=1S/C22H21F2N5O2S/c23-22(24)32-19-4-2-1-3-18(19)21(30)27-16-7-5-15(6-8-16)26-20-13-17(14-25-28-20)29-9-11-31-12-10-29/h1-8,13-14,22H,9-12H2,(H,26,28)(H,27,30). The molecule has 2 aromatic carbocycles. The molecule has 166 valence electrons. The van der Waals surface area contributed by atoms with Crippen LogP contribution in [0.5, 0.6) is 0 Å². The van der Waals surface area contributed by atoms with Gasteiger partial charge in [-0.15, -0.1) is 5.10 Å². The SMILES string of the molecule is O=C(Nc1ccc(Nc2cc(N3CCOCC3)cnn2)cc1)c1ccccc1SC(F)F. The third-order valence-electron chi connectivity index (χ3n) is 4.78. The number of amides is 1. The average Bonchev–Trinajstić information content (AvgIpc) is 2.81. The Morgan fingerprint density at radius 3 is 2.53 bits per heavy atom. The van der Waals surface area contributed by atoms with Gasteiger partial charge in [0.2, 0.25) is 0 Å². The number of rotatable bonds is 7. The number of morpholine rings is 1. The van der Waals surface area contributed by atoms with Crippen LogP contribution in [0.3, 0.4) is 0 Å². The molecule has 0 spiro atoms. The summed E-state index contributed by atoms with van der Waals surface area (Å²) in [6.45, 7) is 2.98. The van der Waals surface area contributed by atoms with Crippen molar-refractivity contribution in [2.24, 2.45) is 0 Å². The quantitative estimate of drug-likeness (QED) is 0.501. The summed E-state index contributed by atoms with van der Waals surface area (Å²) in [6.07, 6.45) is 1.72. The molecule has 7 nitrogen and oxygen atoms in total. The highest BCUT2D eigenvalue weighted by Crippen LogP contribution is 2.29. The zero-order valence-electron chi connectivity index (χ0n) is 17.0. The van der Waals surface area contributed by atoms with Crippen molar-refractivity contribution in [3.05, 3.63) is 66.4 Å². The van der Waals surface area contributed by atoms with E-state index in [4.69, 9.17) is 4.74 Å². The molecule has 1 aliphatic rings. The molecule has 1 saturated heterocycles. The first kappa shape index (κ1) is 22.0. The average molecular weight is 458 g/mol. The fraction of sp³-hybridized carbons (Fsp3) is 0.227. The van der Waals surface area contributed by atoms with Crippen LogP contribution in [0.25, 0.3) is 0 Å². The molecule has 0 saturated carbocycles. The molecular formula is C22H21F2N5O2S. The monoisotopic (exact) mass is 457 g/mol. The lowest BCUT2D eigenvalue weighted by Crippen LogP contribution is -2.36. The lowest BCUT2D eigenvalue weighted by Gasteiger charge is -2.28. The molecule has 0 bridgehead atoms. The van der Waals surface area contributed by atoms with E-state index >= 15 is 0 Å². The van der Waals surface area contributed by atoms with Gasteiger partial charge in [0.15, 0.2) is 5.82 Å². The van der Waals surface area contributed by atoms with Crippen molar-refractivity contribution in [3.8, 4) is 0 Å². The van der Waals surface area contributed by atoms with E-state index in [1.165, 1.54) is 12.1 Å². The topological polar surface area (TPSA) is 79.4 Å². The van der Waals surface area contributed by atoms with Crippen molar-refractivity contribution in [3.63, 3.8) is 0 Å². The Hall–Kier alpha value is -3.24. The number of thioether (sulfide) groups is 1. The number of benzene rings is 2. The number of nitrogens with one attached hydrogen (secondary N) is 2. The summed E-state index contributed by atoms with van der Waals surface area (Å²) in [5.74, 6) is -2.44. The summed E-state index contributed by atoms with van der Waals surface area (Å²) in [6, 6.07) is 15.2. The Balaban J connectivity index is 1.40. The lowest BCUT2D eigenvalue weighted by atomic mass is 10.2. The van der Waals surface area contributed by atoms with Gasteiger partial charge in [-0.1, -0.05) is 23.9 Å². The molecule has 1 aliphatic heterocycles. The van der Waals surface area contributed by atoms with Crippen molar-refractivity contribution < 1.29 is 18.3 Å². The Kier molecular flexibility index (Phi) is 7.13. The molecule has 0 aliphatic carbocycles. The van der Waals surface area contributed by atoms with E-state index in [0.29, 0.717) is 36.5 Å². The summed E-state index contributed by atoms with van der Waals surface area (Å²) in [5, 5.41) is 14.1. The Bertz CT molecular complexity index is 1060. The van der Waals surface area contributed by atoms with Crippen LogP contribution < -0.4 is 15.5 Å². The van der Waals surface area contributed by atoms with E-state index in [9.17, 15) is 13.6 Å². The smallest absolute Gasteiger partial charge is 0.288 e. The number of halogens is 2.